The molecule has 144 valence electrons. The van der Waals surface area contributed by atoms with Gasteiger partial charge >= 0.3 is 0 Å². The molecule has 0 radical (unpaired) electrons. The van der Waals surface area contributed by atoms with Crippen molar-refractivity contribution < 1.29 is 4.74 Å². The molecule has 4 rings (SSSR count). The van der Waals surface area contributed by atoms with E-state index in [1.54, 1.807) is 17.1 Å². The number of halogens is 1. The Balaban J connectivity index is 1.47. The zero-order valence-corrected chi connectivity index (χ0v) is 17.2. The van der Waals surface area contributed by atoms with Crippen molar-refractivity contribution in [3.8, 4) is 17.0 Å². The van der Waals surface area contributed by atoms with E-state index in [9.17, 15) is 0 Å². The molecule has 1 heterocycles. The first-order chi connectivity index (χ1) is 14.2. The van der Waals surface area contributed by atoms with Gasteiger partial charge < -0.3 is 10.5 Å². The van der Waals surface area contributed by atoms with Gasteiger partial charge in [0.15, 0.2) is 0 Å². The molecule has 0 saturated carbocycles. The number of anilines is 1. The summed E-state index contributed by atoms with van der Waals surface area (Å²) < 4.78 is 8.46. The van der Waals surface area contributed by atoms with Crippen LogP contribution in [0, 0.1) is 0 Å². The maximum atomic E-state index is 6.00. The summed E-state index contributed by atoms with van der Waals surface area (Å²) in [6.07, 6.45) is 3.47. The van der Waals surface area contributed by atoms with Crippen LogP contribution in [-0.2, 0) is 6.61 Å². The van der Waals surface area contributed by atoms with Gasteiger partial charge in [-0.15, -0.1) is 0 Å². The second-order valence-electron chi connectivity index (χ2n) is 6.41. The summed E-state index contributed by atoms with van der Waals surface area (Å²) in [5.41, 5.74) is 9.88. The lowest BCUT2D eigenvalue weighted by Gasteiger charge is -2.07. The zero-order valence-electron chi connectivity index (χ0n) is 15.6. The number of imidazole rings is 1. The predicted molar refractivity (Wildman–Crippen MR) is 120 cm³/mol. The highest BCUT2D eigenvalue weighted by molar-refractivity contribution is 9.10. The van der Waals surface area contributed by atoms with Crippen molar-refractivity contribution in [2.75, 3.05) is 5.73 Å². The number of nitrogens with zero attached hydrogens (tertiary/aromatic N) is 3. The third kappa shape index (κ3) is 4.73. The second kappa shape index (κ2) is 8.75. The lowest BCUT2D eigenvalue weighted by atomic mass is 10.2. The van der Waals surface area contributed by atoms with Gasteiger partial charge in [-0.2, -0.15) is 9.78 Å². The van der Waals surface area contributed by atoms with Crippen molar-refractivity contribution in [2.45, 2.75) is 6.61 Å². The highest BCUT2D eigenvalue weighted by Crippen LogP contribution is 2.24. The smallest absolute Gasteiger partial charge is 0.221 e. The Labute approximate surface area is 177 Å². The van der Waals surface area contributed by atoms with Crippen molar-refractivity contribution >= 4 is 28.1 Å². The molecule has 0 bridgehead atoms. The van der Waals surface area contributed by atoms with Crippen LogP contribution in [0.15, 0.2) is 94.6 Å². The molecular formula is C23H19BrN4O. The number of aromatic nitrogens is 2. The first-order valence-electron chi connectivity index (χ1n) is 9.09. The van der Waals surface area contributed by atoms with E-state index >= 15 is 0 Å². The van der Waals surface area contributed by atoms with Gasteiger partial charge in [-0.3, -0.25) is 0 Å². The molecule has 0 atom stereocenters. The van der Waals surface area contributed by atoms with Gasteiger partial charge in [0.05, 0.1) is 18.1 Å². The minimum Gasteiger partial charge on any atom is -0.489 e. The summed E-state index contributed by atoms with van der Waals surface area (Å²) in [6, 6.07) is 25.8. The third-order valence-electron chi connectivity index (χ3n) is 4.35. The summed E-state index contributed by atoms with van der Waals surface area (Å²) in [5.74, 6) is 1.14. The lowest BCUT2D eigenvalue weighted by molar-refractivity contribution is 0.306. The molecule has 0 spiro atoms. The van der Waals surface area contributed by atoms with Crippen LogP contribution in [0.4, 0.5) is 5.95 Å². The van der Waals surface area contributed by atoms with E-state index in [4.69, 9.17) is 10.5 Å². The van der Waals surface area contributed by atoms with Crippen molar-refractivity contribution in [2.24, 2.45) is 5.10 Å². The number of hydrogen-bond acceptors (Lipinski definition) is 4. The van der Waals surface area contributed by atoms with E-state index in [1.807, 2.05) is 78.9 Å². The molecule has 4 aromatic rings. The van der Waals surface area contributed by atoms with E-state index in [0.29, 0.717) is 12.6 Å². The monoisotopic (exact) mass is 446 g/mol. The molecule has 0 fully saturated rings. The Hall–Kier alpha value is -3.38. The highest BCUT2D eigenvalue weighted by Gasteiger charge is 2.08. The first kappa shape index (κ1) is 19.0. The van der Waals surface area contributed by atoms with Crippen LogP contribution >= 0.6 is 15.9 Å². The van der Waals surface area contributed by atoms with E-state index in [0.717, 1.165) is 32.6 Å². The molecule has 0 unspecified atom stereocenters. The van der Waals surface area contributed by atoms with Crippen molar-refractivity contribution in [1.82, 2.24) is 9.66 Å². The topological polar surface area (TPSA) is 65.4 Å². The summed E-state index contributed by atoms with van der Waals surface area (Å²) in [4.78, 5) is 4.19. The molecule has 0 aliphatic rings. The highest BCUT2D eigenvalue weighted by atomic mass is 79.9. The second-order valence-corrected chi connectivity index (χ2v) is 7.32. The fourth-order valence-corrected chi connectivity index (χ4v) is 3.08. The average Bonchev–Trinajstić information content (AvgIpc) is 3.13. The van der Waals surface area contributed by atoms with Gasteiger partial charge in [-0.25, -0.2) is 4.98 Å². The minimum absolute atomic E-state index is 0.335. The predicted octanol–water partition coefficient (Wildman–Crippen LogP) is 5.36. The normalized spacial score (nSPS) is 11.1. The van der Waals surface area contributed by atoms with Gasteiger partial charge in [-0.1, -0.05) is 58.4 Å². The quantitative estimate of drug-likeness (QED) is 0.405. The van der Waals surface area contributed by atoms with Crippen molar-refractivity contribution in [3.63, 3.8) is 0 Å². The molecule has 0 saturated heterocycles. The van der Waals surface area contributed by atoms with E-state index in [1.165, 1.54) is 0 Å². The van der Waals surface area contributed by atoms with Gasteiger partial charge in [0, 0.05) is 10.0 Å². The Morgan fingerprint density at radius 3 is 2.41 bits per heavy atom. The molecule has 6 heteroatoms. The summed E-state index contributed by atoms with van der Waals surface area (Å²) >= 11 is 3.45. The number of ether oxygens (including phenoxy) is 1. The van der Waals surface area contributed by atoms with Crippen LogP contribution in [0.1, 0.15) is 11.1 Å². The number of benzene rings is 3. The molecular weight excluding hydrogens is 428 g/mol. The fourth-order valence-electron chi connectivity index (χ4n) is 2.81. The number of hydrogen-bond donors (Lipinski definition) is 1. The summed E-state index contributed by atoms with van der Waals surface area (Å²) in [5, 5.41) is 4.51. The standard InChI is InChI=1S/C23H19BrN4O/c24-20-10-8-19(9-11-20)22-15-26-23(25)28(22)27-14-17-6-12-21(13-7-17)29-16-18-4-2-1-3-5-18/h1-15H,16H2,(H2,25,26)/b27-14-. The largest absolute Gasteiger partial charge is 0.489 e. The number of rotatable bonds is 6. The maximum absolute atomic E-state index is 6.00. The van der Waals surface area contributed by atoms with Crippen LogP contribution in [0.5, 0.6) is 5.75 Å². The van der Waals surface area contributed by atoms with Crippen LogP contribution < -0.4 is 10.5 Å². The minimum atomic E-state index is 0.335. The van der Waals surface area contributed by atoms with Crippen LogP contribution in [0.25, 0.3) is 11.3 Å². The van der Waals surface area contributed by atoms with E-state index in [2.05, 4.69) is 26.0 Å². The Kier molecular flexibility index (Phi) is 5.72. The molecule has 0 aliphatic heterocycles. The molecule has 2 N–H and O–H groups in total. The van der Waals surface area contributed by atoms with Crippen LogP contribution in [-0.4, -0.2) is 15.9 Å². The molecule has 3 aromatic carbocycles. The van der Waals surface area contributed by atoms with Crippen LogP contribution in [0.3, 0.4) is 0 Å². The van der Waals surface area contributed by atoms with Gasteiger partial charge in [-0.05, 0) is 47.5 Å². The van der Waals surface area contributed by atoms with E-state index < -0.39 is 0 Å². The molecule has 1 aromatic heterocycles. The van der Waals surface area contributed by atoms with Gasteiger partial charge in [0.25, 0.3) is 0 Å². The van der Waals surface area contributed by atoms with Crippen molar-refractivity contribution in [1.29, 1.82) is 0 Å². The lowest BCUT2D eigenvalue weighted by Crippen LogP contribution is -2.00. The fraction of sp³-hybridized carbons (Fsp3) is 0.0435. The zero-order chi connectivity index (χ0) is 20.1. The molecule has 29 heavy (non-hydrogen) atoms. The van der Waals surface area contributed by atoms with Gasteiger partial charge in [0.2, 0.25) is 5.95 Å². The summed E-state index contributed by atoms with van der Waals surface area (Å²) in [6.45, 7) is 0.538. The van der Waals surface area contributed by atoms with Gasteiger partial charge in [0.1, 0.15) is 12.4 Å². The third-order valence-corrected chi connectivity index (χ3v) is 4.88. The maximum Gasteiger partial charge on any atom is 0.221 e. The number of nitrogens with two attached hydrogens (primary N) is 1. The summed E-state index contributed by atoms with van der Waals surface area (Å²) in [7, 11) is 0. The first-order valence-corrected chi connectivity index (χ1v) is 9.88. The molecule has 0 amide bonds. The van der Waals surface area contributed by atoms with Crippen LogP contribution in [0.2, 0.25) is 0 Å². The van der Waals surface area contributed by atoms with Crippen molar-refractivity contribution in [3.05, 3.63) is 101 Å². The SMILES string of the molecule is Nc1ncc(-c2ccc(Br)cc2)n1/N=C\c1ccc(OCc2ccccc2)cc1. The Bertz CT molecular complexity index is 1100. The van der Waals surface area contributed by atoms with E-state index in [-0.39, 0.29) is 0 Å². The molecule has 5 nitrogen and oxygen atoms in total. The Morgan fingerprint density at radius 2 is 1.69 bits per heavy atom. The Morgan fingerprint density at radius 1 is 0.966 bits per heavy atom. The number of nitrogen functional groups attached to an aromatic ring is 1. The average molecular weight is 447 g/mol. The molecule has 0 aliphatic carbocycles.